The SMILES string of the molecule is CCCOc1ccccc1C(C)C.CCOc1ccc(S(=O)(=O)N2CCN(C)CC2)cc1C. The molecule has 0 saturated carbocycles. The first kappa shape index (κ1) is 27.2. The monoisotopic (exact) mass is 476 g/mol. The maximum absolute atomic E-state index is 12.6. The zero-order valence-electron chi connectivity index (χ0n) is 21.0. The summed E-state index contributed by atoms with van der Waals surface area (Å²) in [5, 5.41) is 0. The second kappa shape index (κ2) is 13.0. The topological polar surface area (TPSA) is 59.1 Å². The highest BCUT2D eigenvalue weighted by molar-refractivity contribution is 7.89. The Bertz CT molecular complexity index is 968. The standard InChI is InChI=1S/C14H22N2O3S.C12H18O/c1-4-19-14-6-5-13(11-12(14)2)20(17,18)16-9-7-15(3)8-10-16;1-4-9-13-12-8-6-5-7-11(12)10(2)3/h5-6,11H,4,7-10H2,1-3H3;5-8,10H,4,9H2,1-3H3. The maximum Gasteiger partial charge on any atom is 0.243 e. The molecule has 184 valence electrons. The highest BCUT2D eigenvalue weighted by Gasteiger charge is 2.27. The van der Waals surface area contributed by atoms with Crippen molar-refractivity contribution >= 4 is 10.0 Å². The largest absolute Gasteiger partial charge is 0.494 e. The quantitative estimate of drug-likeness (QED) is 0.541. The number of benzene rings is 2. The van der Waals surface area contributed by atoms with E-state index >= 15 is 0 Å². The Morgan fingerprint density at radius 3 is 2.18 bits per heavy atom. The van der Waals surface area contributed by atoms with E-state index in [2.05, 4.69) is 37.8 Å². The summed E-state index contributed by atoms with van der Waals surface area (Å²) in [4.78, 5) is 2.48. The molecule has 0 N–H and O–H groups in total. The van der Waals surface area contributed by atoms with Gasteiger partial charge in [-0.25, -0.2) is 8.42 Å². The Morgan fingerprint density at radius 2 is 1.61 bits per heavy atom. The Labute approximate surface area is 200 Å². The van der Waals surface area contributed by atoms with Crippen molar-refractivity contribution in [2.45, 2.75) is 51.9 Å². The van der Waals surface area contributed by atoms with Gasteiger partial charge in [-0.15, -0.1) is 0 Å². The minimum absolute atomic E-state index is 0.350. The zero-order valence-corrected chi connectivity index (χ0v) is 21.8. The minimum Gasteiger partial charge on any atom is -0.494 e. The number of hydrogen-bond acceptors (Lipinski definition) is 5. The number of para-hydroxylation sites is 1. The summed E-state index contributed by atoms with van der Waals surface area (Å²) < 4.78 is 37.8. The normalized spacial score (nSPS) is 15.1. The number of nitrogens with zero attached hydrogens (tertiary/aromatic N) is 2. The smallest absolute Gasteiger partial charge is 0.243 e. The lowest BCUT2D eigenvalue weighted by atomic mass is 10.0. The third-order valence-electron chi connectivity index (χ3n) is 5.55. The van der Waals surface area contributed by atoms with Gasteiger partial charge < -0.3 is 14.4 Å². The van der Waals surface area contributed by atoms with Crippen LogP contribution >= 0.6 is 0 Å². The molecule has 0 aliphatic carbocycles. The first-order valence-corrected chi connectivity index (χ1v) is 13.3. The maximum atomic E-state index is 12.6. The van der Waals surface area contributed by atoms with Gasteiger partial charge in [0.05, 0.1) is 18.1 Å². The molecule has 1 aliphatic rings. The number of piperazine rings is 1. The summed E-state index contributed by atoms with van der Waals surface area (Å²) in [6.45, 7) is 14.3. The summed E-state index contributed by atoms with van der Waals surface area (Å²) >= 11 is 0. The van der Waals surface area contributed by atoms with Crippen LogP contribution in [0.25, 0.3) is 0 Å². The van der Waals surface area contributed by atoms with Crippen LogP contribution in [-0.4, -0.2) is 64.1 Å². The van der Waals surface area contributed by atoms with Crippen LogP contribution in [0.5, 0.6) is 11.5 Å². The van der Waals surface area contributed by atoms with E-state index in [0.717, 1.165) is 43.2 Å². The van der Waals surface area contributed by atoms with Crippen molar-refractivity contribution in [2.75, 3.05) is 46.4 Å². The number of hydrogen-bond donors (Lipinski definition) is 0. The van der Waals surface area contributed by atoms with Crippen LogP contribution in [0.4, 0.5) is 0 Å². The Hall–Kier alpha value is -2.09. The highest BCUT2D eigenvalue weighted by atomic mass is 32.2. The molecule has 33 heavy (non-hydrogen) atoms. The molecule has 0 atom stereocenters. The van der Waals surface area contributed by atoms with Crippen molar-refractivity contribution in [3.05, 3.63) is 53.6 Å². The van der Waals surface area contributed by atoms with Crippen molar-refractivity contribution < 1.29 is 17.9 Å². The van der Waals surface area contributed by atoms with Crippen LogP contribution in [0.3, 0.4) is 0 Å². The molecule has 1 saturated heterocycles. The van der Waals surface area contributed by atoms with Gasteiger partial charge in [0, 0.05) is 26.2 Å². The van der Waals surface area contributed by atoms with E-state index in [1.54, 1.807) is 22.5 Å². The highest BCUT2D eigenvalue weighted by Crippen LogP contribution is 2.26. The average Bonchev–Trinajstić information content (AvgIpc) is 2.80. The Kier molecular flexibility index (Phi) is 10.7. The number of ether oxygens (including phenoxy) is 2. The van der Waals surface area contributed by atoms with Gasteiger partial charge in [0.25, 0.3) is 0 Å². The first-order chi connectivity index (χ1) is 15.7. The lowest BCUT2D eigenvalue weighted by Gasteiger charge is -2.31. The number of aryl methyl sites for hydroxylation is 1. The molecule has 0 bridgehead atoms. The van der Waals surface area contributed by atoms with E-state index in [-0.39, 0.29) is 0 Å². The van der Waals surface area contributed by atoms with Gasteiger partial charge in [-0.2, -0.15) is 4.31 Å². The summed E-state index contributed by atoms with van der Waals surface area (Å²) in [5.41, 5.74) is 2.15. The van der Waals surface area contributed by atoms with Gasteiger partial charge >= 0.3 is 0 Å². The molecule has 2 aromatic rings. The van der Waals surface area contributed by atoms with Gasteiger partial charge in [-0.3, -0.25) is 0 Å². The molecule has 0 aromatic heterocycles. The molecule has 7 heteroatoms. The molecule has 6 nitrogen and oxygen atoms in total. The zero-order chi connectivity index (χ0) is 24.4. The van der Waals surface area contributed by atoms with Gasteiger partial charge in [0.15, 0.2) is 0 Å². The Balaban J connectivity index is 0.000000257. The first-order valence-electron chi connectivity index (χ1n) is 11.8. The van der Waals surface area contributed by atoms with Crippen molar-refractivity contribution in [3.63, 3.8) is 0 Å². The third kappa shape index (κ3) is 7.73. The summed E-state index contributed by atoms with van der Waals surface area (Å²) in [6, 6.07) is 13.3. The van der Waals surface area contributed by atoms with E-state index in [4.69, 9.17) is 9.47 Å². The van der Waals surface area contributed by atoms with E-state index in [1.807, 2.05) is 33.0 Å². The molecule has 0 radical (unpaired) electrons. The molecular weight excluding hydrogens is 436 g/mol. The lowest BCUT2D eigenvalue weighted by Crippen LogP contribution is -2.47. The molecule has 1 aliphatic heterocycles. The van der Waals surface area contributed by atoms with Gasteiger partial charge in [0.2, 0.25) is 10.0 Å². The van der Waals surface area contributed by atoms with Gasteiger partial charge in [0.1, 0.15) is 11.5 Å². The van der Waals surface area contributed by atoms with Crippen LogP contribution in [0.1, 0.15) is 51.2 Å². The third-order valence-corrected chi connectivity index (χ3v) is 7.44. The van der Waals surface area contributed by atoms with Crippen molar-refractivity contribution in [3.8, 4) is 11.5 Å². The minimum atomic E-state index is -3.39. The summed E-state index contributed by atoms with van der Waals surface area (Å²) in [5.74, 6) is 2.32. The average molecular weight is 477 g/mol. The van der Waals surface area contributed by atoms with E-state index in [0.29, 0.717) is 30.5 Å². The molecule has 2 aromatic carbocycles. The second-order valence-corrected chi connectivity index (χ2v) is 10.5. The summed E-state index contributed by atoms with van der Waals surface area (Å²) in [6.07, 6.45) is 1.06. The predicted molar refractivity (Wildman–Crippen MR) is 135 cm³/mol. The number of likely N-dealkylation sites (N-methyl/N-ethyl adjacent to an activating group) is 1. The number of rotatable bonds is 8. The fraction of sp³-hybridized carbons (Fsp3) is 0.538. The van der Waals surface area contributed by atoms with Crippen LogP contribution < -0.4 is 9.47 Å². The molecule has 3 rings (SSSR count). The molecule has 1 heterocycles. The molecule has 0 amide bonds. The van der Waals surface area contributed by atoms with E-state index < -0.39 is 10.0 Å². The summed E-state index contributed by atoms with van der Waals surface area (Å²) in [7, 11) is -1.38. The van der Waals surface area contributed by atoms with E-state index in [9.17, 15) is 8.42 Å². The molecule has 0 spiro atoms. The van der Waals surface area contributed by atoms with Gasteiger partial charge in [-0.1, -0.05) is 39.0 Å². The van der Waals surface area contributed by atoms with Crippen LogP contribution in [0.2, 0.25) is 0 Å². The molecular formula is C26H40N2O4S. The van der Waals surface area contributed by atoms with E-state index in [1.165, 1.54) is 5.56 Å². The van der Waals surface area contributed by atoms with Crippen LogP contribution in [0, 0.1) is 6.92 Å². The van der Waals surface area contributed by atoms with Crippen molar-refractivity contribution in [2.24, 2.45) is 0 Å². The predicted octanol–water partition coefficient (Wildman–Crippen LogP) is 4.93. The second-order valence-electron chi connectivity index (χ2n) is 8.61. The van der Waals surface area contributed by atoms with Gasteiger partial charge in [-0.05, 0) is 68.6 Å². The fourth-order valence-electron chi connectivity index (χ4n) is 3.58. The molecule has 0 unspecified atom stereocenters. The lowest BCUT2D eigenvalue weighted by molar-refractivity contribution is 0.222. The fourth-order valence-corrected chi connectivity index (χ4v) is 5.09. The van der Waals surface area contributed by atoms with Crippen molar-refractivity contribution in [1.82, 2.24) is 9.21 Å². The number of sulfonamides is 1. The van der Waals surface area contributed by atoms with Crippen LogP contribution in [0.15, 0.2) is 47.4 Å². The molecule has 1 fully saturated rings. The van der Waals surface area contributed by atoms with Crippen molar-refractivity contribution in [1.29, 1.82) is 0 Å². The van der Waals surface area contributed by atoms with Crippen LogP contribution in [-0.2, 0) is 10.0 Å². The Morgan fingerprint density at radius 1 is 0.939 bits per heavy atom.